The van der Waals surface area contributed by atoms with Gasteiger partial charge in [0.25, 0.3) is 0 Å². The summed E-state index contributed by atoms with van der Waals surface area (Å²) >= 11 is 0.539. The second-order valence-electron chi connectivity index (χ2n) is 4.47. The van der Waals surface area contributed by atoms with E-state index in [-0.39, 0.29) is 0 Å². The molecule has 0 aliphatic heterocycles. The minimum absolute atomic E-state index is 0.302. The van der Waals surface area contributed by atoms with Crippen LogP contribution in [-0.2, 0) is 4.79 Å². The molecule has 0 radical (unpaired) electrons. The van der Waals surface area contributed by atoms with Gasteiger partial charge in [0.1, 0.15) is 5.25 Å². The summed E-state index contributed by atoms with van der Waals surface area (Å²) in [4.78, 5) is 10.9. The molecule has 0 bridgehead atoms. The number of alkyl halides is 3. The first-order valence-corrected chi connectivity index (χ1v) is 6.63. The Morgan fingerprint density at radius 1 is 1.26 bits per heavy atom. The fraction of sp³-hybridized carbons (Fsp3) is 0.462. The number of thioether (sulfide) groups is 1. The second-order valence-corrected chi connectivity index (χ2v) is 5.75. The van der Waals surface area contributed by atoms with Crippen molar-refractivity contribution in [2.24, 2.45) is 0 Å². The van der Waals surface area contributed by atoms with Crippen LogP contribution in [0.1, 0.15) is 31.7 Å². The molecule has 1 aromatic carbocycles. The zero-order valence-electron chi connectivity index (χ0n) is 10.6. The molecule has 106 valence electrons. The van der Waals surface area contributed by atoms with E-state index in [0.717, 1.165) is 5.56 Å². The van der Waals surface area contributed by atoms with Crippen molar-refractivity contribution in [3.05, 3.63) is 29.8 Å². The Morgan fingerprint density at radius 2 is 1.79 bits per heavy atom. The number of hydrogen-bond acceptors (Lipinski definition) is 2. The molecule has 0 spiro atoms. The van der Waals surface area contributed by atoms with Gasteiger partial charge in [0.2, 0.25) is 0 Å². The molecular formula is C13H15F3O2S. The highest BCUT2D eigenvalue weighted by atomic mass is 32.2. The first-order chi connectivity index (χ1) is 8.70. The van der Waals surface area contributed by atoms with Crippen LogP contribution in [0.15, 0.2) is 29.2 Å². The minimum Gasteiger partial charge on any atom is -0.481 e. The van der Waals surface area contributed by atoms with Gasteiger partial charge in [0.15, 0.2) is 0 Å². The van der Waals surface area contributed by atoms with Gasteiger partial charge in [0, 0.05) is 4.90 Å². The zero-order valence-corrected chi connectivity index (χ0v) is 11.4. The maximum Gasteiger partial charge on any atom is 0.401 e. The predicted molar refractivity (Wildman–Crippen MR) is 68.5 cm³/mol. The largest absolute Gasteiger partial charge is 0.481 e. The van der Waals surface area contributed by atoms with Crippen LogP contribution in [0.3, 0.4) is 0 Å². The quantitative estimate of drug-likeness (QED) is 0.822. The molecule has 0 aromatic heterocycles. The van der Waals surface area contributed by atoms with Gasteiger partial charge >= 0.3 is 12.1 Å². The van der Waals surface area contributed by atoms with E-state index < -0.39 is 23.8 Å². The van der Waals surface area contributed by atoms with Crippen LogP contribution in [0.5, 0.6) is 0 Å². The van der Waals surface area contributed by atoms with Crippen molar-refractivity contribution in [3.8, 4) is 0 Å². The molecule has 0 saturated carbocycles. The topological polar surface area (TPSA) is 37.3 Å². The predicted octanol–water partition coefficient (Wildman–Crippen LogP) is 4.31. The molecule has 19 heavy (non-hydrogen) atoms. The minimum atomic E-state index is -4.53. The molecule has 1 atom stereocenters. The standard InChI is InChI=1S/C13H15F3O2S/c1-8(2)9-3-5-10(6-4-9)19-11(7-12(17)18)13(14,15)16/h3-6,8,11H,7H2,1-2H3,(H,17,18). The first-order valence-electron chi connectivity index (χ1n) is 5.75. The molecule has 6 heteroatoms. The Morgan fingerprint density at radius 3 is 2.16 bits per heavy atom. The highest BCUT2D eigenvalue weighted by Crippen LogP contribution is 2.37. The molecule has 0 aliphatic rings. The van der Waals surface area contributed by atoms with E-state index in [0.29, 0.717) is 22.6 Å². The van der Waals surface area contributed by atoms with E-state index in [1.165, 1.54) is 0 Å². The summed E-state index contributed by atoms with van der Waals surface area (Å²) in [6, 6.07) is 6.73. The Hall–Kier alpha value is -1.17. The van der Waals surface area contributed by atoms with Gasteiger partial charge in [-0.05, 0) is 23.6 Å². The maximum atomic E-state index is 12.7. The monoisotopic (exact) mass is 292 g/mol. The summed E-state index contributed by atoms with van der Waals surface area (Å²) in [6.45, 7) is 3.98. The van der Waals surface area contributed by atoms with Crippen molar-refractivity contribution in [3.63, 3.8) is 0 Å². The Bertz CT molecular complexity index is 427. The Kier molecular flexibility index (Phi) is 5.29. The summed E-state index contributed by atoms with van der Waals surface area (Å²) in [5.74, 6) is -1.15. The zero-order chi connectivity index (χ0) is 14.6. The summed E-state index contributed by atoms with van der Waals surface area (Å²) in [5.41, 5.74) is 1.03. The van der Waals surface area contributed by atoms with E-state index >= 15 is 0 Å². The van der Waals surface area contributed by atoms with Gasteiger partial charge in [-0.1, -0.05) is 26.0 Å². The molecule has 0 saturated heterocycles. The van der Waals surface area contributed by atoms with Crippen LogP contribution in [0, 0.1) is 0 Å². The van der Waals surface area contributed by atoms with Crippen LogP contribution in [0.4, 0.5) is 13.2 Å². The van der Waals surface area contributed by atoms with E-state index in [1.54, 1.807) is 24.3 Å². The molecule has 1 N–H and O–H groups in total. The number of carbonyl (C=O) groups is 1. The third-order valence-corrected chi connectivity index (χ3v) is 3.81. The molecule has 0 aliphatic carbocycles. The number of hydrogen-bond donors (Lipinski definition) is 1. The van der Waals surface area contributed by atoms with E-state index in [4.69, 9.17) is 5.11 Å². The second kappa shape index (κ2) is 6.32. The lowest BCUT2D eigenvalue weighted by atomic mass is 10.0. The summed E-state index contributed by atoms with van der Waals surface area (Å²) in [6.07, 6.45) is -5.46. The molecule has 2 nitrogen and oxygen atoms in total. The van der Waals surface area contributed by atoms with Crippen molar-refractivity contribution >= 4 is 17.7 Å². The SMILES string of the molecule is CC(C)c1ccc(SC(CC(=O)O)C(F)(F)F)cc1. The van der Waals surface area contributed by atoms with Crippen LogP contribution < -0.4 is 0 Å². The summed E-state index contributed by atoms with van der Waals surface area (Å²) in [7, 11) is 0. The van der Waals surface area contributed by atoms with Crippen LogP contribution in [0.2, 0.25) is 0 Å². The van der Waals surface area contributed by atoms with Gasteiger partial charge in [-0.15, -0.1) is 11.8 Å². The van der Waals surface area contributed by atoms with Gasteiger partial charge in [-0.25, -0.2) is 0 Å². The van der Waals surface area contributed by atoms with Gasteiger partial charge in [-0.2, -0.15) is 13.2 Å². The molecule has 1 aromatic rings. The van der Waals surface area contributed by atoms with Gasteiger partial charge < -0.3 is 5.11 Å². The highest BCUT2D eigenvalue weighted by molar-refractivity contribution is 8.00. The van der Waals surface area contributed by atoms with Crippen LogP contribution in [0.25, 0.3) is 0 Å². The van der Waals surface area contributed by atoms with E-state index in [1.807, 2.05) is 13.8 Å². The number of rotatable bonds is 5. The number of carboxylic acids is 1. The van der Waals surface area contributed by atoms with Crippen molar-refractivity contribution in [2.75, 3.05) is 0 Å². The number of benzene rings is 1. The first kappa shape index (κ1) is 15.9. The number of carboxylic acid groups (broad SMARTS) is 1. The highest BCUT2D eigenvalue weighted by Gasteiger charge is 2.41. The third-order valence-electron chi connectivity index (χ3n) is 2.55. The molecule has 0 amide bonds. The fourth-order valence-electron chi connectivity index (χ4n) is 1.48. The molecule has 0 fully saturated rings. The smallest absolute Gasteiger partial charge is 0.401 e. The van der Waals surface area contributed by atoms with Crippen LogP contribution >= 0.6 is 11.8 Å². The molecule has 1 unspecified atom stereocenters. The summed E-state index contributed by atoms with van der Waals surface area (Å²) < 4.78 is 38.1. The van der Waals surface area contributed by atoms with Crippen molar-refractivity contribution in [2.45, 2.75) is 42.5 Å². The normalized spacial score (nSPS) is 13.6. The lowest BCUT2D eigenvalue weighted by molar-refractivity contribution is -0.149. The fourth-order valence-corrected chi connectivity index (χ4v) is 2.46. The molecule has 0 heterocycles. The lowest BCUT2D eigenvalue weighted by Gasteiger charge is -2.18. The van der Waals surface area contributed by atoms with E-state index in [2.05, 4.69) is 0 Å². The maximum absolute atomic E-state index is 12.7. The van der Waals surface area contributed by atoms with Crippen molar-refractivity contribution in [1.29, 1.82) is 0 Å². The number of aliphatic carboxylic acids is 1. The Labute approximate surface area is 114 Å². The van der Waals surface area contributed by atoms with Gasteiger partial charge in [0.05, 0.1) is 6.42 Å². The lowest BCUT2D eigenvalue weighted by Crippen LogP contribution is -2.28. The van der Waals surface area contributed by atoms with Crippen LogP contribution in [-0.4, -0.2) is 22.5 Å². The Balaban J connectivity index is 2.81. The van der Waals surface area contributed by atoms with E-state index in [9.17, 15) is 18.0 Å². The summed E-state index contributed by atoms with van der Waals surface area (Å²) in [5, 5.41) is 6.61. The van der Waals surface area contributed by atoms with Crippen molar-refractivity contribution in [1.82, 2.24) is 0 Å². The molecular weight excluding hydrogens is 277 g/mol. The van der Waals surface area contributed by atoms with Crippen molar-refractivity contribution < 1.29 is 23.1 Å². The molecule has 1 rings (SSSR count). The average Bonchev–Trinajstić information content (AvgIpc) is 2.27. The van der Waals surface area contributed by atoms with Gasteiger partial charge in [-0.3, -0.25) is 4.79 Å². The average molecular weight is 292 g/mol. The third kappa shape index (κ3) is 5.14. The number of halogens is 3.